The van der Waals surface area contributed by atoms with Crippen LogP contribution in [-0.2, 0) is 42.4 Å². The molecule has 0 aliphatic heterocycles. The molecule has 0 atom stereocenters. The molecular weight excluding hydrogens is 460 g/mol. The SMILES string of the molecule is O=C([O-])C(=O)[O-].O=S(=O)([O-])[O-].[KH].[NH4+].[NH4+].[NH4+].[NH4+].[Ta]. The predicted octanol–water partition coefficient (Wildman–Crippen LogP) is -4.00. The molecule has 0 fully saturated rings. The fourth-order valence-electron chi connectivity index (χ4n) is 0. The van der Waals surface area contributed by atoms with Gasteiger partial charge in [0, 0.05) is 32.8 Å². The molecule has 0 aliphatic rings. The standard InChI is InChI=1S/C2H2O4.K.4H3N.H2O4S.Ta.H/c3-1(4)2(5)6;;;;;;1-5(2,3)4;;/h(H,3,4)(H,5,6);;4*1H3;(H2,1,2,3,4);;. The van der Waals surface area contributed by atoms with Crippen LogP contribution < -0.4 is 34.8 Å². The Morgan fingerprint density at radius 3 is 0.824 bits per heavy atom. The Labute approximate surface area is 156 Å². The van der Waals surface area contributed by atoms with Crippen LogP contribution in [0, 0.1) is 0 Å². The molecule has 0 saturated carbocycles. The monoisotopic (exact) mass is 477 g/mol. The van der Waals surface area contributed by atoms with E-state index in [0.29, 0.717) is 0 Å². The Morgan fingerprint density at radius 1 is 0.765 bits per heavy atom. The molecule has 17 heavy (non-hydrogen) atoms. The fourth-order valence-corrected chi connectivity index (χ4v) is 0. The Bertz CT molecular complexity index is 238. The van der Waals surface area contributed by atoms with Crippen LogP contribution in [0.1, 0.15) is 0 Å². The van der Waals surface area contributed by atoms with Crippen LogP contribution in [0.15, 0.2) is 0 Å². The van der Waals surface area contributed by atoms with Crippen molar-refractivity contribution in [2.24, 2.45) is 0 Å². The van der Waals surface area contributed by atoms with E-state index in [2.05, 4.69) is 0 Å². The molecule has 0 aliphatic carbocycles. The molecule has 0 amide bonds. The third-order valence-corrected chi connectivity index (χ3v) is 0.167. The molecule has 1 radical (unpaired) electrons. The molecule has 0 aromatic rings. The van der Waals surface area contributed by atoms with Gasteiger partial charge in [0.25, 0.3) is 0 Å². The van der Waals surface area contributed by atoms with Gasteiger partial charge in [-0.2, -0.15) is 0 Å². The van der Waals surface area contributed by atoms with Gasteiger partial charge in [-0.15, -0.1) is 0 Å². The van der Waals surface area contributed by atoms with E-state index < -0.39 is 22.3 Å². The van der Waals surface area contributed by atoms with Gasteiger partial charge in [0.15, 0.2) is 0 Å². The van der Waals surface area contributed by atoms with Crippen molar-refractivity contribution in [1.29, 1.82) is 0 Å². The van der Waals surface area contributed by atoms with Crippen LogP contribution in [0.3, 0.4) is 0 Å². The zero-order valence-corrected chi connectivity index (χ0v) is 13.2. The molecule has 0 unspecified atom stereocenters. The number of hydrogen-bond donors (Lipinski definition) is 4. The topological polar surface area (TPSA) is 307 Å². The van der Waals surface area contributed by atoms with E-state index in [-0.39, 0.29) is 98.4 Å². The Kier molecular flexibility index (Phi) is 78.8. The molecule has 12 nitrogen and oxygen atoms in total. The maximum Gasteiger partial charge on any atom is 0 e. The molecule has 16 N–H and O–H groups in total. The zero-order valence-electron chi connectivity index (χ0n) is 9.12. The normalized spacial score (nSPS) is 6.00. The summed E-state index contributed by atoms with van der Waals surface area (Å²) >= 11 is 0. The van der Waals surface area contributed by atoms with Crippen LogP contribution in [-0.4, -0.2) is 80.8 Å². The van der Waals surface area contributed by atoms with Crippen molar-refractivity contribution >= 4 is 73.7 Å². The molecule has 105 valence electrons. The summed E-state index contributed by atoms with van der Waals surface area (Å²) in [6.07, 6.45) is 0. The second kappa shape index (κ2) is 25.8. The van der Waals surface area contributed by atoms with E-state index in [1.165, 1.54) is 0 Å². The molecule has 0 bridgehead atoms. The number of aliphatic carboxylic acids is 2. The van der Waals surface area contributed by atoms with E-state index in [1.807, 2.05) is 0 Å². The van der Waals surface area contributed by atoms with Gasteiger partial charge in [0.05, 0.1) is 11.9 Å². The van der Waals surface area contributed by atoms with Crippen LogP contribution in [0.25, 0.3) is 0 Å². The van der Waals surface area contributed by atoms with E-state index in [1.54, 1.807) is 0 Å². The summed E-state index contributed by atoms with van der Waals surface area (Å²) in [5.41, 5.74) is 0. The first-order chi connectivity index (χ1) is 4.64. The number of hydrogen-bond acceptors (Lipinski definition) is 8. The van der Waals surface area contributed by atoms with E-state index >= 15 is 0 Å². The van der Waals surface area contributed by atoms with E-state index in [0.717, 1.165) is 0 Å². The smallest absolute Gasteiger partial charge is 0 e. The maximum absolute atomic E-state index is 8.93. The fraction of sp³-hybridized carbons (Fsp3) is 0. The van der Waals surface area contributed by atoms with Crippen molar-refractivity contribution in [1.82, 2.24) is 24.6 Å². The second-order valence-corrected chi connectivity index (χ2v) is 1.80. The Balaban J connectivity index is -0.0000000118. The summed E-state index contributed by atoms with van der Waals surface area (Å²) in [7, 11) is -5.17. The molecule has 15 heteroatoms. The number of carboxylic acid groups (broad SMARTS) is 2. The van der Waals surface area contributed by atoms with E-state index in [4.69, 9.17) is 37.3 Å². The summed E-state index contributed by atoms with van der Waals surface area (Å²) in [6.45, 7) is 0. The van der Waals surface area contributed by atoms with Gasteiger partial charge < -0.3 is 53.5 Å². The van der Waals surface area contributed by atoms with E-state index in [9.17, 15) is 0 Å². The minimum Gasteiger partial charge on any atom is -0.369 e. The molecule has 0 aromatic heterocycles. The van der Waals surface area contributed by atoms with Crippen molar-refractivity contribution in [3.8, 4) is 0 Å². The predicted molar refractivity (Wildman–Crippen MR) is 51.6 cm³/mol. The summed E-state index contributed by atoms with van der Waals surface area (Å²) in [6, 6.07) is 0. The second-order valence-electron chi connectivity index (χ2n) is 0.983. The molecular formula is C2H17KN4O8STa. The number of carboxylic acids is 2. The first-order valence-electron chi connectivity index (χ1n) is 1.73. The van der Waals surface area contributed by atoms with Crippen molar-refractivity contribution in [2.45, 2.75) is 0 Å². The van der Waals surface area contributed by atoms with Gasteiger partial charge in [-0.1, -0.05) is 0 Å². The number of carbonyl (C=O) groups is 2. The summed E-state index contributed by atoms with van der Waals surface area (Å²) in [5, 5.41) is 17.9. The summed E-state index contributed by atoms with van der Waals surface area (Å²) in [4.78, 5) is 17.9. The number of carbonyl (C=O) groups excluding carboxylic acids is 2. The Hall–Kier alpha value is 1.03. The minimum absolute atomic E-state index is 0. The Morgan fingerprint density at radius 2 is 0.824 bits per heavy atom. The molecule has 0 aromatic carbocycles. The quantitative estimate of drug-likeness (QED) is 0.115. The third kappa shape index (κ3) is 152. The zero-order chi connectivity index (χ0) is 9.65. The largest absolute Gasteiger partial charge is 0.369 e. The number of rotatable bonds is 0. The third-order valence-electron chi connectivity index (χ3n) is 0.167. The van der Waals surface area contributed by atoms with Crippen molar-refractivity contribution in [3.05, 3.63) is 0 Å². The van der Waals surface area contributed by atoms with Crippen molar-refractivity contribution in [2.75, 3.05) is 0 Å². The van der Waals surface area contributed by atoms with Gasteiger partial charge in [-0.25, -0.2) is 0 Å². The minimum atomic E-state index is -5.17. The van der Waals surface area contributed by atoms with Crippen molar-refractivity contribution < 1.29 is 59.7 Å². The summed E-state index contributed by atoms with van der Waals surface area (Å²) < 4.78 is 34.1. The van der Waals surface area contributed by atoms with Gasteiger partial charge in [-0.3, -0.25) is 8.42 Å². The van der Waals surface area contributed by atoms with Gasteiger partial charge in [0.2, 0.25) is 0 Å². The molecule has 0 heterocycles. The first-order valence-corrected chi connectivity index (χ1v) is 3.07. The number of quaternary nitrogens is 4. The van der Waals surface area contributed by atoms with Crippen LogP contribution >= 0.6 is 0 Å². The molecule has 0 rings (SSSR count). The first kappa shape index (κ1) is 52.0. The maximum atomic E-state index is 8.93. The van der Waals surface area contributed by atoms with Gasteiger partial charge >= 0.3 is 51.4 Å². The molecule has 0 saturated heterocycles. The summed E-state index contributed by atoms with van der Waals surface area (Å²) in [5.74, 6) is -4.37. The average molecular weight is 477 g/mol. The van der Waals surface area contributed by atoms with Crippen LogP contribution in [0.5, 0.6) is 0 Å². The van der Waals surface area contributed by atoms with Gasteiger partial charge in [0.1, 0.15) is 0 Å². The average Bonchev–Trinajstić information content (AvgIpc) is 1.59. The van der Waals surface area contributed by atoms with Gasteiger partial charge in [-0.05, 0) is 0 Å². The molecule has 0 spiro atoms. The van der Waals surface area contributed by atoms with Crippen LogP contribution in [0.2, 0.25) is 0 Å². The van der Waals surface area contributed by atoms with Crippen LogP contribution in [0.4, 0.5) is 0 Å². The van der Waals surface area contributed by atoms with Crippen molar-refractivity contribution in [3.63, 3.8) is 0 Å².